The van der Waals surface area contributed by atoms with Crippen molar-refractivity contribution in [3.63, 3.8) is 0 Å². The van der Waals surface area contributed by atoms with Gasteiger partial charge in [-0.1, -0.05) is 144 Å². The second kappa shape index (κ2) is 16.0. The van der Waals surface area contributed by atoms with E-state index in [1.54, 1.807) is 0 Å². The van der Waals surface area contributed by atoms with E-state index < -0.39 is 0 Å². The van der Waals surface area contributed by atoms with Gasteiger partial charge in [0, 0.05) is 88.5 Å². The third-order valence-corrected chi connectivity index (χ3v) is 13.6. The Morgan fingerprint density at radius 1 is 0.464 bits per heavy atom. The van der Waals surface area contributed by atoms with Crippen molar-refractivity contribution in [3.8, 4) is 33.8 Å². The number of para-hydroxylation sites is 6. The van der Waals surface area contributed by atoms with Gasteiger partial charge in [-0.05, 0) is 66.8 Å². The topological polar surface area (TPSA) is 37.4 Å². The fourth-order valence-corrected chi connectivity index (χ4v) is 10.9. The van der Waals surface area contributed by atoms with E-state index >= 15 is 0 Å². The zero-order valence-electron chi connectivity index (χ0n) is 37.6. The molecule has 14 rings (SSSR count). The number of hydrogen-bond donors (Lipinski definition) is 0. The van der Waals surface area contributed by atoms with Gasteiger partial charge in [0.2, 0.25) is 0 Å². The number of aromatic nitrogens is 3. The first-order valence-electron chi connectivity index (χ1n) is 23.0. The Morgan fingerprint density at radius 2 is 1.09 bits per heavy atom. The molecule has 0 N–H and O–H groups in total. The molecule has 0 fully saturated rings. The minimum Gasteiger partial charge on any atom is -0.509 e. The Bertz CT molecular complexity index is 4190. The maximum absolute atomic E-state index is 6.79. The Hall–Kier alpha value is -8.18. The molecule has 4 aromatic heterocycles. The molecule has 1 aliphatic rings. The van der Waals surface area contributed by atoms with Crippen LogP contribution in [0.4, 0.5) is 22.7 Å². The van der Waals surface area contributed by atoms with Gasteiger partial charge >= 0.3 is 0 Å². The first kappa shape index (κ1) is 41.0. The molecule has 0 saturated carbocycles. The molecule has 9 aromatic carbocycles. The van der Waals surface area contributed by atoms with Crippen LogP contribution in [0.15, 0.2) is 200 Å². The molecule has 6 nitrogen and oxygen atoms in total. The van der Waals surface area contributed by atoms with Gasteiger partial charge in [0.05, 0.1) is 22.1 Å². The van der Waals surface area contributed by atoms with Crippen molar-refractivity contribution in [2.45, 2.75) is 13.8 Å². The van der Waals surface area contributed by atoms with Crippen molar-refractivity contribution in [1.82, 2.24) is 13.8 Å². The first-order valence-corrected chi connectivity index (χ1v) is 23.0. The van der Waals surface area contributed by atoms with Crippen LogP contribution in [0.1, 0.15) is 11.1 Å². The second-order valence-corrected chi connectivity index (χ2v) is 17.8. The van der Waals surface area contributed by atoms with Crippen LogP contribution in [-0.4, -0.2) is 13.8 Å². The van der Waals surface area contributed by atoms with Crippen LogP contribution in [-0.2, 0) is 21.1 Å². The number of benzene rings is 9. The first-order chi connectivity index (χ1) is 33.6. The number of aryl methyl sites for hydroxylation is 2. The van der Waals surface area contributed by atoms with Gasteiger partial charge in [-0.15, -0.1) is 48.1 Å². The maximum Gasteiger partial charge on any atom is 0.143 e. The quantitative estimate of drug-likeness (QED) is 0.156. The van der Waals surface area contributed by atoms with Gasteiger partial charge in [0.15, 0.2) is 0 Å². The van der Waals surface area contributed by atoms with E-state index in [2.05, 4.69) is 221 Å². The molecule has 69 heavy (non-hydrogen) atoms. The van der Waals surface area contributed by atoms with Crippen LogP contribution in [0.3, 0.4) is 0 Å². The summed E-state index contributed by atoms with van der Waals surface area (Å²) in [6.45, 7) is 6.53. The van der Waals surface area contributed by atoms with Gasteiger partial charge < -0.3 is 23.3 Å². The molecule has 332 valence electrons. The Kier molecular flexibility index (Phi) is 9.50. The molecule has 13 aromatic rings. The van der Waals surface area contributed by atoms with Crippen LogP contribution in [0, 0.1) is 32.6 Å². The molecule has 0 unspecified atom stereocenters. The number of hydrogen-bond acceptors (Lipinski definition) is 4. The maximum atomic E-state index is 6.79. The summed E-state index contributed by atoms with van der Waals surface area (Å²) in [6.07, 6.45) is 1.89. The van der Waals surface area contributed by atoms with Crippen LogP contribution < -0.4 is 14.5 Å². The second-order valence-electron chi connectivity index (χ2n) is 17.8. The molecule has 0 aliphatic carbocycles. The van der Waals surface area contributed by atoms with Crippen LogP contribution in [0.5, 0.6) is 11.5 Å². The number of fused-ring (bicyclic) bond motifs is 11. The molecule has 0 atom stereocenters. The van der Waals surface area contributed by atoms with E-state index in [1.165, 1.54) is 38.5 Å². The van der Waals surface area contributed by atoms with Crippen molar-refractivity contribution >= 4 is 88.3 Å². The third-order valence-electron chi connectivity index (χ3n) is 13.6. The molecule has 5 heterocycles. The van der Waals surface area contributed by atoms with Crippen molar-refractivity contribution in [2.75, 3.05) is 9.80 Å². The molecule has 0 radical (unpaired) electrons. The van der Waals surface area contributed by atoms with Gasteiger partial charge in [-0.25, -0.2) is 4.98 Å². The third kappa shape index (κ3) is 6.32. The summed E-state index contributed by atoms with van der Waals surface area (Å²) < 4.78 is 11.5. The number of pyridine rings is 1. The Labute approximate surface area is 413 Å². The molecule has 0 bridgehead atoms. The average Bonchev–Trinajstić information content (AvgIpc) is 4.04. The van der Waals surface area contributed by atoms with Crippen LogP contribution >= 0.6 is 0 Å². The normalized spacial score (nSPS) is 12.6. The summed E-state index contributed by atoms with van der Waals surface area (Å²) in [5.74, 6) is 1.17. The fourth-order valence-electron chi connectivity index (χ4n) is 10.9. The van der Waals surface area contributed by atoms with E-state index in [1.807, 2.05) is 30.5 Å². The Balaban J connectivity index is 0.00000469. The van der Waals surface area contributed by atoms with E-state index in [0.29, 0.717) is 11.5 Å². The van der Waals surface area contributed by atoms with Crippen molar-refractivity contribution in [1.29, 1.82) is 0 Å². The summed E-state index contributed by atoms with van der Waals surface area (Å²) in [4.78, 5) is 9.67. The molecule has 0 saturated heterocycles. The Morgan fingerprint density at radius 3 is 1.91 bits per heavy atom. The summed E-state index contributed by atoms with van der Waals surface area (Å²) in [5.41, 5.74) is 17.4. The monoisotopic (exact) mass is 1070 g/mol. The zero-order valence-corrected chi connectivity index (χ0v) is 39.9. The van der Waals surface area contributed by atoms with E-state index in [-0.39, 0.29) is 21.1 Å². The molecule has 1 aliphatic heterocycles. The molecular weight excluding hydrogens is 1030 g/mol. The molecule has 0 spiro atoms. The SMILES string of the molecule is Cc1cc(C)cc(-c2cccc(-c3ccccc3)c2N2[CH-]N(c3[c-]c(Oc4[c-]c5c(cc4)c4cccc6c4n5c4ncccc4c4cccc5c7ccccc7n6c54)ccc3)c3ccccc32)c1.[Pt]. The van der Waals surface area contributed by atoms with Gasteiger partial charge in [0.25, 0.3) is 0 Å². The molecule has 7 heteroatoms. The molecule has 0 amide bonds. The number of rotatable bonds is 6. The minimum atomic E-state index is 0. The van der Waals surface area contributed by atoms with Gasteiger partial charge in [0.1, 0.15) is 5.65 Å². The van der Waals surface area contributed by atoms with Gasteiger partial charge in [-0.2, -0.15) is 12.1 Å². The predicted molar refractivity (Wildman–Crippen MR) is 280 cm³/mol. The van der Waals surface area contributed by atoms with Crippen LogP contribution in [0.2, 0.25) is 0 Å². The van der Waals surface area contributed by atoms with Crippen LogP contribution in [0.25, 0.3) is 87.8 Å². The largest absolute Gasteiger partial charge is 0.509 e. The minimum absolute atomic E-state index is 0. The number of nitrogens with zero attached hydrogens (tertiary/aromatic N) is 5. The predicted octanol–water partition coefficient (Wildman–Crippen LogP) is 16.1. The smallest absolute Gasteiger partial charge is 0.143 e. The van der Waals surface area contributed by atoms with Crippen molar-refractivity contribution in [3.05, 3.63) is 230 Å². The van der Waals surface area contributed by atoms with E-state index in [4.69, 9.17) is 9.72 Å². The summed E-state index contributed by atoms with van der Waals surface area (Å²) in [7, 11) is 0. The van der Waals surface area contributed by atoms with Crippen molar-refractivity contribution in [2.24, 2.45) is 0 Å². The summed E-state index contributed by atoms with van der Waals surface area (Å²) in [6, 6.07) is 76.5. The standard InChI is InChI=1S/C62H40N5O.Pt/c1-39-33-40(2)35-42(34-39)47-21-11-20-46(41-15-4-3-5-16-41)59(47)65-38-64(55-27-8-9-28-56(55)65)43-17-10-18-44(36-43)68-45-30-31-49-51-24-13-29-57-61(51)67(58(49)37-45)62-53(25-14-32-63-62)52-23-12-22-50-48-19-6-7-26-54(48)66(57)60(50)52;/h3-35,38H,1-2H3;/q-3;. The van der Waals surface area contributed by atoms with Crippen molar-refractivity contribution < 1.29 is 25.8 Å². The zero-order chi connectivity index (χ0) is 45.0. The summed E-state index contributed by atoms with van der Waals surface area (Å²) >= 11 is 0. The van der Waals surface area contributed by atoms with E-state index in [9.17, 15) is 0 Å². The average molecular weight is 1070 g/mol. The van der Waals surface area contributed by atoms with E-state index in [0.717, 1.165) is 83.2 Å². The number of anilines is 4. The fraction of sp³-hybridized carbons (Fsp3) is 0.0323. The number of ether oxygens (including phenoxy) is 1. The molecular formula is C62H40N5OPt-3. The summed E-state index contributed by atoms with van der Waals surface area (Å²) in [5, 5.41) is 6.82. The van der Waals surface area contributed by atoms with Gasteiger partial charge in [-0.3, -0.25) is 0 Å².